The van der Waals surface area contributed by atoms with Crippen molar-refractivity contribution in [2.24, 2.45) is 11.3 Å². The first kappa shape index (κ1) is 9.50. The molecular weight excluding hydrogens is 176 g/mol. The van der Waals surface area contributed by atoms with E-state index in [0.717, 1.165) is 12.8 Å². The van der Waals surface area contributed by atoms with Gasteiger partial charge < -0.3 is 4.74 Å². The summed E-state index contributed by atoms with van der Waals surface area (Å²) in [4.78, 5) is 11.4. The standard InChI is InChI=1S/C12H16O2/c1-3-10-5-4-9(11(13)14-2)8-12(10)6-7-12/h3,5,9H,1,4,6-8H2,2H3. The third kappa shape index (κ3) is 1.39. The van der Waals surface area contributed by atoms with Crippen molar-refractivity contribution in [3.05, 3.63) is 24.3 Å². The summed E-state index contributed by atoms with van der Waals surface area (Å²) in [5.41, 5.74) is 1.64. The Morgan fingerprint density at radius 2 is 2.43 bits per heavy atom. The Morgan fingerprint density at radius 3 is 2.93 bits per heavy atom. The number of hydrogen-bond donors (Lipinski definition) is 0. The third-order valence-electron chi connectivity index (χ3n) is 3.48. The molecule has 1 saturated carbocycles. The van der Waals surface area contributed by atoms with Gasteiger partial charge in [-0.3, -0.25) is 4.79 Å². The van der Waals surface area contributed by atoms with E-state index < -0.39 is 0 Å². The van der Waals surface area contributed by atoms with E-state index in [9.17, 15) is 4.79 Å². The zero-order valence-corrected chi connectivity index (χ0v) is 8.58. The van der Waals surface area contributed by atoms with Crippen LogP contribution in [0.15, 0.2) is 24.3 Å². The van der Waals surface area contributed by atoms with E-state index in [1.165, 1.54) is 25.5 Å². The molecule has 0 aromatic heterocycles. The van der Waals surface area contributed by atoms with Crippen LogP contribution in [-0.2, 0) is 9.53 Å². The van der Waals surface area contributed by atoms with Crippen LogP contribution >= 0.6 is 0 Å². The van der Waals surface area contributed by atoms with E-state index in [-0.39, 0.29) is 11.9 Å². The SMILES string of the molecule is C=CC1=CCC(C(=O)OC)CC12CC2. The predicted octanol–water partition coefficient (Wildman–Crippen LogP) is 2.46. The fourth-order valence-electron chi connectivity index (χ4n) is 2.45. The molecule has 0 heterocycles. The van der Waals surface area contributed by atoms with Gasteiger partial charge in [0.1, 0.15) is 0 Å². The Labute approximate surface area is 84.6 Å². The lowest BCUT2D eigenvalue weighted by Gasteiger charge is -2.26. The van der Waals surface area contributed by atoms with Crippen molar-refractivity contribution in [3.63, 3.8) is 0 Å². The van der Waals surface area contributed by atoms with Gasteiger partial charge in [-0.15, -0.1) is 0 Å². The molecule has 2 nitrogen and oxygen atoms in total. The van der Waals surface area contributed by atoms with Gasteiger partial charge in [0.25, 0.3) is 0 Å². The van der Waals surface area contributed by atoms with Gasteiger partial charge in [-0.25, -0.2) is 0 Å². The predicted molar refractivity (Wildman–Crippen MR) is 54.7 cm³/mol. The van der Waals surface area contributed by atoms with Crippen LogP contribution in [0.3, 0.4) is 0 Å². The van der Waals surface area contributed by atoms with Crippen molar-refractivity contribution in [2.75, 3.05) is 7.11 Å². The lowest BCUT2D eigenvalue weighted by molar-refractivity contribution is -0.146. The number of carbonyl (C=O) groups excluding carboxylic acids is 1. The molecule has 0 aliphatic heterocycles. The summed E-state index contributed by atoms with van der Waals surface area (Å²) < 4.78 is 4.79. The molecule has 76 valence electrons. The van der Waals surface area contributed by atoms with E-state index in [1.807, 2.05) is 6.08 Å². The Kier molecular flexibility index (Phi) is 2.22. The van der Waals surface area contributed by atoms with Crippen LogP contribution in [0.4, 0.5) is 0 Å². The van der Waals surface area contributed by atoms with Gasteiger partial charge in [0.15, 0.2) is 0 Å². The number of rotatable bonds is 2. The molecule has 14 heavy (non-hydrogen) atoms. The number of allylic oxidation sites excluding steroid dienone is 3. The van der Waals surface area contributed by atoms with Crippen LogP contribution in [0, 0.1) is 11.3 Å². The molecule has 0 amide bonds. The highest BCUT2D eigenvalue weighted by Gasteiger charge is 2.49. The van der Waals surface area contributed by atoms with Crippen LogP contribution in [-0.4, -0.2) is 13.1 Å². The summed E-state index contributed by atoms with van der Waals surface area (Å²) in [6, 6.07) is 0. The quantitative estimate of drug-likeness (QED) is 0.628. The number of carbonyl (C=O) groups is 1. The van der Waals surface area contributed by atoms with Crippen molar-refractivity contribution in [1.82, 2.24) is 0 Å². The summed E-state index contributed by atoms with van der Waals surface area (Å²) >= 11 is 0. The first-order valence-corrected chi connectivity index (χ1v) is 5.13. The van der Waals surface area contributed by atoms with E-state index in [1.54, 1.807) is 0 Å². The Bertz CT molecular complexity index is 297. The molecule has 2 rings (SSSR count). The molecule has 1 unspecified atom stereocenters. The van der Waals surface area contributed by atoms with Gasteiger partial charge in [0.05, 0.1) is 13.0 Å². The molecule has 0 aromatic rings. The highest BCUT2D eigenvalue weighted by atomic mass is 16.5. The van der Waals surface area contributed by atoms with Crippen molar-refractivity contribution >= 4 is 5.97 Å². The maximum Gasteiger partial charge on any atom is 0.308 e. The Balaban J connectivity index is 2.14. The molecule has 0 aromatic carbocycles. The molecule has 0 bridgehead atoms. The summed E-state index contributed by atoms with van der Waals surface area (Å²) in [7, 11) is 1.47. The molecule has 1 spiro atoms. The fourth-order valence-corrected chi connectivity index (χ4v) is 2.45. The van der Waals surface area contributed by atoms with Gasteiger partial charge in [-0.2, -0.15) is 0 Å². The highest BCUT2D eigenvalue weighted by molar-refractivity contribution is 5.73. The average molecular weight is 192 g/mol. The second-order valence-corrected chi connectivity index (χ2v) is 4.30. The van der Waals surface area contributed by atoms with E-state index in [4.69, 9.17) is 4.74 Å². The topological polar surface area (TPSA) is 26.3 Å². The minimum absolute atomic E-state index is 0.0596. The minimum Gasteiger partial charge on any atom is -0.469 e. The lowest BCUT2D eigenvalue weighted by atomic mass is 9.78. The smallest absolute Gasteiger partial charge is 0.308 e. The fraction of sp³-hybridized carbons (Fsp3) is 0.583. The van der Waals surface area contributed by atoms with E-state index in [0.29, 0.717) is 5.41 Å². The van der Waals surface area contributed by atoms with Crippen molar-refractivity contribution in [1.29, 1.82) is 0 Å². The molecule has 0 saturated heterocycles. The molecule has 2 heteroatoms. The number of esters is 1. The maximum absolute atomic E-state index is 11.4. The first-order chi connectivity index (χ1) is 6.72. The third-order valence-corrected chi connectivity index (χ3v) is 3.48. The normalized spacial score (nSPS) is 28.1. The monoisotopic (exact) mass is 192 g/mol. The summed E-state index contributed by atoms with van der Waals surface area (Å²) in [6.45, 7) is 3.83. The van der Waals surface area contributed by atoms with Gasteiger partial charge in [0.2, 0.25) is 0 Å². The molecule has 1 atom stereocenters. The van der Waals surface area contributed by atoms with Gasteiger partial charge in [-0.1, -0.05) is 18.7 Å². The largest absolute Gasteiger partial charge is 0.469 e. The maximum atomic E-state index is 11.4. The molecular formula is C12H16O2. The van der Waals surface area contributed by atoms with Gasteiger partial charge >= 0.3 is 5.97 Å². The van der Waals surface area contributed by atoms with Gasteiger partial charge in [-0.05, 0) is 36.7 Å². The number of hydrogen-bond acceptors (Lipinski definition) is 2. The van der Waals surface area contributed by atoms with Crippen molar-refractivity contribution < 1.29 is 9.53 Å². The van der Waals surface area contributed by atoms with Crippen LogP contribution in [0.1, 0.15) is 25.7 Å². The van der Waals surface area contributed by atoms with Crippen LogP contribution in [0.25, 0.3) is 0 Å². The van der Waals surface area contributed by atoms with Crippen molar-refractivity contribution in [3.8, 4) is 0 Å². The zero-order chi connectivity index (χ0) is 10.2. The lowest BCUT2D eigenvalue weighted by Crippen LogP contribution is -2.24. The summed E-state index contributed by atoms with van der Waals surface area (Å²) in [5.74, 6) is 0.0156. The second-order valence-electron chi connectivity index (χ2n) is 4.30. The Morgan fingerprint density at radius 1 is 1.71 bits per heavy atom. The highest BCUT2D eigenvalue weighted by Crippen LogP contribution is 2.59. The number of methoxy groups -OCH3 is 1. The molecule has 2 aliphatic rings. The first-order valence-electron chi connectivity index (χ1n) is 5.13. The molecule has 2 aliphatic carbocycles. The molecule has 1 fully saturated rings. The van der Waals surface area contributed by atoms with Crippen LogP contribution in [0.5, 0.6) is 0 Å². The van der Waals surface area contributed by atoms with Gasteiger partial charge in [0, 0.05) is 0 Å². The summed E-state index contributed by atoms with van der Waals surface area (Å²) in [5, 5.41) is 0. The zero-order valence-electron chi connectivity index (χ0n) is 8.58. The van der Waals surface area contributed by atoms with E-state index in [2.05, 4.69) is 12.7 Å². The Hall–Kier alpha value is -1.05. The van der Waals surface area contributed by atoms with Crippen LogP contribution < -0.4 is 0 Å². The van der Waals surface area contributed by atoms with E-state index >= 15 is 0 Å². The summed E-state index contributed by atoms with van der Waals surface area (Å²) in [6.07, 6.45) is 8.29. The molecule has 0 radical (unpaired) electrons. The van der Waals surface area contributed by atoms with Crippen LogP contribution in [0.2, 0.25) is 0 Å². The second kappa shape index (κ2) is 3.26. The minimum atomic E-state index is -0.0596. The average Bonchev–Trinajstić information content (AvgIpc) is 2.97. The number of ether oxygens (including phenoxy) is 1. The van der Waals surface area contributed by atoms with Crippen molar-refractivity contribution in [2.45, 2.75) is 25.7 Å². The molecule has 0 N–H and O–H groups in total.